The number of rotatable bonds is 2. The van der Waals surface area contributed by atoms with Crippen molar-refractivity contribution in [3.05, 3.63) is 69.3 Å². The normalized spacial score (nSPS) is 12.2. The Hall–Kier alpha value is -2.20. The van der Waals surface area contributed by atoms with E-state index in [0.717, 1.165) is 40.4 Å². The summed E-state index contributed by atoms with van der Waals surface area (Å²) < 4.78 is 13.3. The summed E-state index contributed by atoms with van der Waals surface area (Å²) in [5.74, 6) is -0.175. The second-order valence-electron chi connectivity index (χ2n) is 5.28. The molecule has 0 saturated heterocycles. The monoisotopic (exact) mass is 296 g/mol. The molecule has 0 unspecified atom stereocenters. The van der Waals surface area contributed by atoms with E-state index < -0.39 is 0 Å². The third kappa shape index (κ3) is 2.21. The van der Waals surface area contributed by atoms with Crippen molar-refractivity contribution in [1.29, 1.82) is 0 Å². The number of aromatic nitrogens is 1. The van der Waals surface area contributed by atoms with E-state index in [1.54, 1.807) is 17.4 Å². The van der Waals surface area contributed by atoms with E-state index >= 15 is 0 Å². The lowest BCUT2D eigenvalue weighted by molar-refractivity contribution is 0.626. The molecule has 1 aliphatic carbocycles. The van der Waals surface area contributed by atoms with Crippen molar-refractivity contribution in [2.75, 3.05) is 5.73 Å². The van der Waals surface area contributed by atoms with Crippen LogP contribution in [-0.2, 0) is 12.8 Å². The third-order valence-corrected chi connectivity index (χ3v) is 4.81. The fourth-order valence-electron chi connectivity index (χ4n) is 2.73. The van der Waals surface area contributed by atoms with Crippen LogP contribution in [0.4, 0.5) is 10.1 Å². The Morgan fingerprint density at radius 1 is 1.14 bits per heavy atom. The minimum Gasteiger partial charge on any atom is -0.399 e. The predicted molar refractivity (Wildman–Crippen MR) is 84.0 cm³/mol. The summed E-state index contributed by atoms with van der Waals surface area (Å²) in [6, 6.07) is 12.8. The van der Waals surface area contributed by atoms with Gasteiger partial charge in [0.2, 0.25) is 0 Å². The molecule has 0 radical (unpaired) electrons. The van der Waals surface area contributed by atoms with Gasteiger partial charge in [0.1, 0.15) is 5.82 Å². The zero-order valence-corrected chi connectivity index (χ0v) is 12.1. The first-order valence-corrected chi connectivity index (χ1v) is 7.62. The average Bonchev–Trinajstić information content (AvgIpc) is 2.97. The van der Waals surface area contributed by atoms with Gasteiger partial charge in [0.15, 0.2) is 0 Å². The van der Waals surface area contributed by atoms with Crippen LogP contribution in [0.2, 0.25) is 0 Å². The molecule has 3 aromatic rings. The fourth-order valence-corrected chi connectivity index (χ4v) is 3.87. The average molecular weight is 296 g/mol. The van der Waals surface area contributed by atoms with Crippen LogP contribution >= 0.6 is 11.3 Å². The van der Waals surface area contributed by atoms with Gasteiger partial charge in [-0.05, 0) is 41.5 Å². The first kappa shape index (κ1) is 12.5. The van der Waals surface area contributed by atoms with Crippen LogP contribution in [-0.4, -0.2) is 4.98 Å². The number of benzene rings is 2. The molecule has 0 aliphatic heterocycles. The van der Waals surface area contributed by atoms with Gasteiger partial charge in [-0.1, -0.05) is 12.1 Å². The van der Waals surface area contributed by atoms with Crippen molar-refractivity contribution >= 4 is 17.0 Å². The van der Waals surface area contributed by atoms with E-state index in [1.807, 2.05) is 30.3 Å². The maximum atomic E-state index is 13.3. The van der Waals surface area contributed by atoms with Gasteiger partial charge in [0.05, 0.1) is 10.7 Å². The first-order valence-electron chi connectivity index (χ1n) is 6.81. The van der Waals surface area contributed by atoms with Gasteiger partial charge >= 0.3 is 0 Å². The number of hydrogen-bond donors (Lipinski definition) is 1. The molecule has 21 heavy (non-hydrogen) atoms. The van der Waals surface area contributed by atoms with E-state index in [1.165, 1.54) is 16.5 Å². The highest BCUT2D eigenvalue weighted by Crippen LogP contribution is 2.40. The lowest BCUT2D eigenvalue weighted by Gasteiger charge is -2.01. The topological polar surface area (TPSA) is 38.9 Å². The van der Waals surface area contributed by atoms with E-state index in [0.29, 0.717) is 0 Å². The molecule has 104 valence electrons. The summed E-state index contributed by atoms with van der Waals surface area (Å²) in [6.07, 6.45) is 1.61. The molecule has 0 saturated carbocycles. The first-order chi connectivity index (χ1) is 10.2. The number of halogens is 1. The highest BCUT2D eigenvalue weighted by molar-refractivity contribution is 7.12. The lowest BCUT2D eigenvalue weighted by Crippen LogP contribution is -1.90. The molecular weight excluding hydrogens is 283 g/mol. The summed E-state index contributed by atoms with van der Waals surface area (Å²) in [5, 5.41) is 1.10. The Balaban J connectivity index is 1.65. The molecule has 2 N–H and O–H groups in total. The van der Waals surface area contributed by atoms with Gasteiger partial charge in [-0.25, -0.2) is 9.37 Å². The van der Waals surface area contributed by atoms with Crippen LogP contribution in [0.1, 0.15) is 21.0 Å². The van der Waals surface area contributed by atoms with Crippen molar-refractivity contribution < 1.29 is 4.39 Å². The molecule has 1 aromatic heterocycles. The van der Waals surface area contributed by atoms with Crippen LogP contribution in [0, 0.1) is 5.82 Å². The van der Waals surface area contributed by atoms with Gasteiger partial charge in [0, 0.05) is 29.0 Å². The molecule has 2 nitrogen and oxygen atoms in total. The van der Waals surface area contributed by atoms with Gasteiger partial charge in [-0.3, -0.25) is 0 Å². The number of hydrogen-bond acceptors (Lipinski definition) is 3. The molecule has 0 spiro atoms. The third-order valence-electron chi connectivity index (χ3n) is 3.75. The van der Waals surface area contributed by atoms with E-state index in [2.05, 4.69) is 0 Å². The number of nitrogens with two attached hydrogens (primary N) is 1. The van der Waals surface area contributed by atoms with E-state index in [-0.39, 0.29) is 5.82 Å². The molecular formula is C17H13FN2S. The van der Waals surface area contributed by atoms with Crippen molar-refractivity contribution in [3.63, 3.8) is 0 Å². The van der Waals surface area contributed by atoms with E-state index in [4.69, 9.17) is 10.7 Å². The Kier molecular flexibility index (Phi) is 2.79. The molecule has 1 aliphatic rings. The van der Waals surface area contributed by atoms with Gasteiger partial charge < -0.3 is 5.73 Å². The highest BCUT2D eigenvalue weighted by Gasteiger charge is 2.23. The van der Waals surface area contributed by atoms with Crippen molar-refractivity contribution in [3.8, 4) is 11.3 Å². The van der Waals surface area contributed by atoms with Crippen LogP contribution in [0.5, 0.6) is 0 Å². The van der Waals surface area contributed by atoms with Crippen molar-refractivity contribution in [2.45, 2.75) is 12.8 Å². The fraction of sp³-hybridized carbons (Fsp3) is 0.118. The van der Waals surface area contributed by atoms with Crippen LogP contribution < -0.4 is 5.73 Å². The van der Waals surface area contributed by atoms with Crippen LogP contribution in [0.25, 0.3) is 11.3 Å². The molecule has 0 amide bonds. The number of anilines is 1. The second kappa shape index (κ2) is 4.67. The summed E-state index contributed by atoms with van der Waals surface area (Å²) in [6.45, 7) is 0. The van der Waals surface area contributed by atoms with Gasteiger partial charge in [-0.2, -0.15) is 0 Å². The van der Waals surface area contributed by atoms with Crippen LogP contribution in [0.15, 0.2) is 42.5 Å². The quantitative estimate of drug-likeness (QED) is 0.567. The molecule has 2 aromatic carbocycles. The molecule has 0 atom stereocenters. The largest absolute Gasteiger partial charge is 0.399 e. The highest BCUT2D eigenvalue weighted by atomic mass is 32.1. The summed E-state index contributed by atoms with van der Waals surface area (Å²) >= 11 is 1.72. The Bertz CT molecular complexity index is 821. The van der Waals surface area contributed by atoms with Gasteiger partial charge in [0.25, 0.3) is 0 Å². The molecule has 0 bridgehead atoms. The minimum absolute atomic E-state index is 0.175. The standard InChI is InChI=1S/C17H13FN2S/c18-12-3-6-14-11(8-12)9-15-17(14)20-16(21-15)7-10-1-4-13(19)5-2-10/h1-6,8H,7,9,19H2. The number of nitrogens with zero attached hydrogens (tertiary/aromatic N) is 1. The van der Waals surface area contributed by atoms with E-state index in [9.17, 15) is 4.39 Å². The summed E-state index contributed by atoms with van der Waals surface area (Å²) in [5.41, 5.74) is 10.8. The van der Waals surface area contributed by atoms with Crippen molar-refractivity contribution in [2.24, 2.45) is 0 Å². The maximum Gasteiger partial charge on any atom is 0.123 e. The zero-order chi connectivity index (χ0) is 14.4. The minimum atomic E-state index is -0.175. The Labute approximate surface area is 126 Å². The molecule has 4 heteroatoms. The molecule has 0 fully saturated rings. The van der Waals surface area contributed by atoms with Crippen LogP contribution in [0.3, 0.4) is 0 Å². The zero-order valence-electron chi connectivity index (χ0n) is 11.3. The second-order valence-corrected chi connectivity index (χ2v) is 6.44. The SMILES string of the molecule is Nc1ccc(Cc2nc3c(s2)Cc2cc(F)ccc2-3)cc1. The lowest BCUT2D eigenvalue weighted by atomic mass is 10.1. The maximum absolute atomic E-state index is 13.3. The molecule has 1 heterocycles. The number of fused-ring (bicyclic) bond motifs is 3. The summed E-state index contributed by atoms with van der Waals surface area (Å²) in [7, 11) is 0. The summed E-state index contributed by atoms with van der Waals surface area (Å²) in [4.78, 5) is 5.98. The molecule has 4 rings (SSSR count). The number of thiazole rings is 1. The smallest absolute Gasteiger partial charge is 0.123 e. The van der Waals surface area contributed by atoms with Crippen molar-refractivity contribution in [1.82, 2.24) is 4.98 Å². The number of nitrogen functional groups attached to an aromatic ring is 1. The Morgan fingerprint density at radius 2 is 1.95 bits per heavy atom. The van der Waals surface area contributed by atoms with Gasteiger partial charge in [-0.15, -0.1) is 11.3 Å². The Morgan fingerprint density at radius 3 is 2.76 bits per heavy atom. The predicted octanol–water partition coefficient (Wildman–Crippen LogP) is 4.03.